The fraction of sp³-hybridized carbons (Fsp3) is 0.417. The highest BCUT2D eigenvalue weighted by atomic mass is 16.5. The van der Waals surface area contributed by atoms with Gasteiger partial charge in [0.05, 0.1) is 12.8 Å². The van der Waals surface area contributed by atoms with Gasteiger partial charge < -0.3 is 25.2 Å². The summed E-state index contributed by atoms with van der Waals surface area (Å²) in [5.41, 5.74) is 3.85. The van der Waals surface area contributed by atoms with Crippen LogP contribution in [0.15, 0.2) is 42.5 Å². The van der Waals surface area contributed by atoms with Crippen molar-refractivity contribution >= 4 is 23.2 Å². The number of hydrogen-bond donors (Lipinski definition) is 4. The molecule has 0 unspecified atom stereocenters. The number of aryl methyl sites for hydroxylation is 1. The van der Waals surface area contributed by atoms with Crippen LogP contribution in [0.2, 0.25) is 0 Å². The van der Waals surface area contributed by atoms with Gasteiger partial charge in [0.15, 0.2) is 12.6 Å². The molecule has 7 nitrogen and oxygen atoms in total. The summed E-state index contributed by atoms with van der Waals surface area (Å²) in [5.74, 6) is 0.673. The zero-order valence-corrected chi connectivity index (χ0v) is 18.9. The molecule has 2 aromatic rings. The van der Waals surface area contributed by atoms with Gasteiger partial charge in [-0.25, -0.2) is 0 Å². The predicted molar refractivity (Wildman–Crippen MR) is 122 cm³/mol. The number of anilines is 2. The van der Waals surface area contributed by atoms with Crippen LogP contribution in [0, 0.1) is 13.8 Å². The van der Waals surface area contributed by atoms with E-state index in [-0.39, 0.29) is 17.9 Å². The highest BCUT2D eigenvalue weighted by Crippen LogP contribution is 2.22. The van der Waals surface area contributed by atoms with Gasteiger partial charge in [0, 0.05) is 5.69 Å². The number of methoxy groups -OCH3 is 1. The topological polar surface area (TPSA) is 76.3 Å². The monoisotopic (exact) mass is 426 g/mol. The van der Waals surface area contributed by atoms with Crippen molar-refractivity contribution in [2.45, 2.75) is 26.8 Å². The van der Waals surface area contributed by atoms with Crippen LogP contribution in [0.4, 0.5) is 11.4 Å². The average molecular weight is 427 g/mol. The average Bonchev–Trinajstić information content (AvgIpc) is 2.77. The Morgan fingerprint density at radius 2 is 1.65 bits per heavy atom. The van der Waals surface area contributed by atoms with Crippen LogP contribution in [0.1, 0.15) is 18.1 Å². The number of carbonyl (C=O) groups is 2. The number of hydrogen-bond acceptors (Lipinski definition) is 3. The first-order chi connectivity index (χ1) is 14.9. The summed E-state index contributed by atoms with van der Waals surface area (Å²) in [6, 6.07) is 13.2. The van der Waals surface area contributed by atoms with E-state index in [1.165, 1.54) is 15.4 Å². The predicted octanol–water partition coefficient (Wildman–Crippen LogP) is 0.0611. The molecule has 0 aromatic heterocycles. The largest absolute Gasteiger partial charge is 0.495 e. The molecule has 1 aliphatic heterocycles. The van der Waals surface area contributed by atoms with Crippen molar-refractivity contribution in [1.82, 2.24) is 0 Å². The minimum absolute atomic E-state index is 0.0179. The third-order valence-electron chi connectivity index (χ3n) is 6.26. The first-order valence-corrected chi connectivity index (χ1v) is 10.9. The van der Waals surface area contributed by atoms with Crippen LogP contribution in [0.3, 0.4) is 0 Å². The third-order valence-corrected chi connectivity index (χ3v) is 6.26. The molecule has 166 valence electrons. The lowest BCUT2D eigenvalue weighted by Gasteiger charge is -2.32. The summed E-state index contributed by atoms with van der Waals surface area (Å²) in [6.45, 7) is 9.91. The molecule has 4 N–H and O–H groups in total. The number of carbonyl (C=O) groups excluding carboxylic acids is 2. The van der Waals surface area contributed by atoms with E-state index in [4.69, 9.17) is 4.74 Å². The van der Waals surface area contributed by atoms with Crippen molar-refractivity contribution in [1.29, 1.82) is 0 Å². The molecular weight excluding hydrogens is 392 g/mol. The van der Waals surface area contributed by atoms with Crippen LogP contribution in [-0.2, 0) is 9.59 Å². The van der Waals surface area contributed by atoms with Crippen LogP contribution >= 0.6 is 0 Å². The normalized spacial score (nSPS) is 19.4. The fourth-order valence-electron chi connectivity index (χ4n) is 4.02. The van der Waals surface area contributed by atoms with Crippen LogP contribution in [0.25, 0.3) is 0 Å². The van der Waals surface area contributed by atoms with Crippen molar-refractivity contribution in [3.8, 4) is 5.75 Å². The van der Waals surface area contributed by atoms with Crippen LogP contribution in [0.5, 0.6) is 5.75 Å². The van der Waals surface area contributed by atoms with E-state index in [2.05, 4.69) is 10.6 Å². The number of rotatable bonds is 7. The van der Waals surface area contributed by atoms with E-state index in [0.717, 1.165) is 37.4 Å². The second kappa shape index (κ2) is 10.4. The number of nitrogens with one attached hydrogen (secondary N) is 4. The van der Waals surface area contributed by atoms with E-state index in [1.54, 1.807) is 7.11 Å². The molecule has 1 heterocycles. The van der Waals surface area contributed by atoms with Crippen molar-refractivity contribution in [3.05, 3.63) is 53.6 Å². The number of amides is 2. The first-order valence-electron chi connectivity index (χ1n) is 10.9. The summed E-state index contributed by atoms with van der Waals surface area (Å²) in [5, 5.41) is 6.03. The van der Waals surface area contributed by atoms with E-state index in [1.807, 2.05) is 63.2 Å². The quantitative estimate of drug-likeness (QED) is 0.506. The zero-order chi connectivity index (χ0) is 22.4. The van der Waals surface area contributed by atoms with Gasteiger partial charge in [-0.05, 0) is 50.1 Å². The molecule has 31 heavy (non-hydrogen) atoms. The number of piperazine rings is 1. The van der Waals surface area contributed by atoms with Crippen molar-refractivity contribution < 1.29 is 24.1 Å². The van der Waals surface area contributed by atoms with Gasteiger partial charge in [-0.2, -0.15) is 0 Å². The molecular formula is C24H34N4O3+2. The molecule has 2 amide bonds. The number of benzene rings is 2. The Balaban J connectivity index is 1.48. The Bertz CT molecular complexity index is 923. The molecule has 7 heteroatoms. The second-order valence-electron chi connectivity index (χ2n) is 8.29. The molecule has 0 aliphatic carbocycles. The Morgan fingerprint density at radius 1 is 0.968 bits per heavy atom. The molecule has 1 fully saturated rings. The Hall–Kier alpha value is -2.90. The Morgan fingerprint density at radius 3 is 2.35 bits per heavy atom. The number of para-hydroxylation sites is 2. The first kappa shape index (κ1) is 22.8. The maximum absolute atomic E-state index is 12.7. The molecule has 0 spiro atoms. The van der Waals surface area contributed by atoms with Gasteiger partial charge in [0.25, 0.3) is 11.8 Å². The van der Waals surface area contributed by atoms with Gasteiger partial charge in [-0.3, -0.25) is 9.59 Å². The SMILES string of the molecule is COc1ccccc1NC(=O)[C@H](C)[NH+]1CC[NH+](CC(=O)Nc2cccc(C)c2C)CC1. The number of ether oxygens (including phenoxy) is 1. The zero-order valence-electron chi connectivity index (χ0n) is 18.9. The molecule has 0 saturated carbocycles. The van der Waals surface area contributed by atoms with Crippen LogP contribution in [-0.4, -0.2) is 57.7 Å². The van der Waals surface area contributed by atoms with Gasteiger partial charge in [0.1, 0.15) is 31.9 Å². The lowest BCUT2D eigenvalue weighted by Crippen LogP contribution is -3.30. The summed E-state index contributed by atoms with van der Waals surface area (Å²) in [6.07, 6.45) is 0. The van der Waals surface area contributed by atoms with Crippen molar-refractivity contribution in [2.75, 3.05) is 50.5 Å². The van der Waals surface area contributed by atoms with Crippen LogP contribution < -0.4 is 25.2 Å². The minimum Gasteiger partial charge on any atom is -0.495 e. The smallest absolute Gasteiger partial charge is 0.282 e. The van der Waals surface area contributed by atoms with Gasteiger partial charge >= 0.3 is 0 Å². The third kappa shape index (κ3) is 5.83. The highest BCUT2D eigenvalue weighted by Gasteiger charge is 2.32. The van der Waals surface area contributed by atoms with Gasteiger partial charge in [0.2, 0.25) is 0 Å². The standard InChI is InChI=1S/C24H32N4O3/c1-17-8-7-10-20(18(17)2)25-23(29)16-27-12-14-28(15-13-27)19(3)24(30)26-21-9-5-6-11-22(21)31-4/h5-11,19H,12-16H2,1-4H3,(H,25,29)(H,26,30)/p+2/t19-/m0/s1. The van der Waals surface area contributed by atoms with Crippen molar-refractivity contribution in [2.24, 2.45) is 0 Å². The molecule has 1 atom stereocenters. The molecule has 3 rings (SSSR count). The summed E-state index contributed by atoms with van der Waals surface area (Å²) in [7, 11) is 1.60. The fourth-order valence-corrected chi connectivity index (χ4v) is 4.02. The molecule has 0 radical (unpaired) electrons. The van der Waals surface area contributed by atoms with Gasteiger partial charge in [-0.15, -0.1) is 0 Å². The lowest BCUT2D eigenvalue weighted by atomic mass is 10.1. The molecule has 1 saturated heterocycles. The van der Waals surface area contributed by atoms with E-state index in [0.29, 0.717) is 18.0 Å². The Kier molecular flexibility index (Phi) is 7.65. The maximum Gasteiger partial charge on any atom is 0.282 e. The second-order valence-corrected chi connectivity index (χ2v) is 8.29. The van der Waals surface area contributed by atoms with Crippen molar-refractivity contribution in [3.63, 3.8) is 0 Å². The number of quaternary nitrogens is 2. The molecule has 0 bridgehead atoms. The highest BCUT2D eigenvalue weighted by molar-refractivity contribution is 5.95. The summed E-state index contributed by atoms with van der Waals surface area (Å²) < 4.78 is 5.32. The lowest BCUT2D eigenvalue weighted by molar-refractivity contribution is -1.01. The van der Waals surface area contributed by atoms with E-state index >= 15 is 0 Å². The molecule has 1 aliphatic rings. The van der Waals surface area contributed by atoms with E-state index < -0.39 is 0 Å². The maximum atomic E-state index is 12.7. The molecule has 2 aromatic carbocycles. The summed E-state index contributed by atoms with van der Waals surface area (Å²) >= 11 is 0. The Labute approximate surface area is 184 Å². The van der Waals surface area contributed by atoms with Gasteiger partial charge in [-0.1, -0.05) is 24.3 Å². The minimum atomic E-state index is -0.171. The van der Waals surface area contributed by atoms with E-state index in [9.17, 15) is 9.59 Å². The summed E-state index contributed by atoms with van der Waals surface area (Å²) in [4.78, 5) is 27.8.